The van der Waals surface area contributed by atoms with Crippen LogP contribution in [-0.4, -0.2) is 24.9 Å². The van der Waals surface area contributed by atoms with E-state index in [1.54, 1.807) is 48.5 Å². The molecular weight excluding hydrogens is 314 g/mol. The fraction of sp³-hybridized carbons (Fsp3) is 0.176. The molecule has 0 atom stereocenters. The van der Waals surface area contributed by atoms with Gasteiger partial charge >= 0.3 is 0 Å². The van der Waals surface area contributed by atoms with Crippen molar-refractivity contribution in [1.82, 2.24) is 5.32 Å². The molecular formula is C17H18ClN3O2. The Bertz CT molecular complexity index is 686. The van der Waals surface area contributed by atoms with Crippen molar-refractivity contribution in [3.8, 4) is 0 Å². The van der Waals surface area contributed by atoms with Crippen LogP contribution in [0.2, 0.25) is 5.02 Å². The highest BCUT2D eigenvalue weighted by Crippen LogP contribution is 2.14. The summed E-state index contributed by atoms with van der Waals surface area (Å²) < 4.78 is 0. The average molecular weight is 332 g/mol. The van der Waals surface area contributed by atoms with E-state index in [1.165, 1.54) is 0 Å². The Labute approximate surface area is 140 Å². The summed E-state index contributed by atoms with van der Waals surface area (Å²) in [6.07, 6.45) is 0. The maximum Gasteiger partial charge on any atom is 0.251 e. The molecule has 0 unspecified atom stereocenters. The minimum atomic E-state index is -0.185. The topological polar surface area (TPSA) is 70.2 Å². The first-order chi connectivity index (χ1) is 11.1. The lowest BCUT2D eigenvalue weighted by Crippen LogP contribution is -2.23. The monoisotopic (exact) mass is 331 g/mol. The highest BCUT2D eigenvalue weighted by molar-refractivity contribution is 6.30. The predicted molar refractivity (Wildman–Crippen MR) is 93.0 cm³/mol. The Hall–Kier alpha value is -2.53. The number of nitrogens with one attached hydrogen (secondary N) is 3. The molecule has 2 aromatic carbocycles. The number of carbonyl (C=O) groups excluding carboxylic acids is 2. The van der Waals surface area contributed by atoms with E-state index in [4.69, 9.17) is 11.6 Å². The third-order valence-electron chi connectivity index (χ3n) is 3.04. The smallest absolute Gasteiger partial charge is 0.251 e. The molecule has 0 aromatic heterocycles. The first-order valence-corrected chi connectivity index (χ1v) is 7.64. The van der Waals surface area contributed by atoms with Gasteiger partial charge in [-0.25, -0.2) is 0 Å². The maximum absolute atomic E-state index is 11.9. The third kappa shape index (κ3) is 5.30. The van der Waals surface area contributed by atoms with Gasteiger partial charge in [0.05, 0.1) is 6.54 Å². The van der Waals surface area contributed by atoms with Gasteiger partial charge in [-0.15, -0.1) is 0 Å². The summed E-state index contributed by atoms with van der Waals surface area (Å²) in [7, 11) is 0. The second-order valence-corrected chi connectivity index (χ2v) is 5.29. The van der Waals surface area contributed by atoms with Gasteiger partial charge in [0.25, 0.3) is 5.91 Å². The lowest BCUT2D eigenvalue weighted by Gasteiger charge is -2.09. The van der Waals surface area contributed by atoms with Gasteiger partial charge in [0.1, 0.15) is 0 Å². The summed E-state index contributed by atoms with van der Waals surface area (Å²) in [4.78, 5) is 23.7. The largest absolute Gasteiger partial charge is 0.376 e. The van der Waals surface area contributed by atoms with E-state index in [-0.39, 0.29) is 18.4 Å². The lowest BCUT2D eigenvalue weighted by atomic mass is 10.2. The molecule has 23 heavy (non-hydrogen) atoms. The van der Waals surface area contributed by atoms with Crippen LogP contribution in [0.3, 0.4) is 0 Å². The van der Waals surface area contributed by atoms with Crippen molar-refractivity contribution in [2.24, 2.45) is 0 Å². The Balaban J connectivity index is 1.90. The van der Waals surface area contributed by atoms with Crippen LogP contribution in [0.15, 0.2) is 48.5 Å². The van der Waals surface area contributed by atoms with Gasteiger partial charge < -0.3 is 16.0 Å². The van der Waals surface area contributed by atoms with Crippen LogP contribution in [0.5, 0.6) is 0 Å². The summed E-state index contributed by atoms with van der Waals surface area (Å²) >= 11 is 5.79. The van der Waals surface area contributed by atoms with Gasteiger partial charge in [0, 0.05) is 28.5 Å². The zero-order valence-corrected chi connectivity index (χ0v) is 13.5. The van der Waals surface area contributed by atoms with E-state index >= 15 is 0 Å². The van der Waals surface area contributed by atoms with Gasteiger partial charge in [0.15, 0.2) is 0 Å². The summed E-state index contributed by atoms with van der Waals surface area (Å²) in [6.45, 7) is 2.53. The van der Waals surface area contributed by atoms with E-state index in [9.17, 15) is 9.59 Å². The molecule has 0 aliphatic rings. The zero-order valence-electron chi connectivity index (χ0n) is 12.7. The number of benzene rings is 2. The van der Waals surface area contributed by atoms with Crippen molar-refractivity contribution in [2.45, 2.75) is 6.92 Å². The summed E-state index contributed by atoms with van der Waals surface area (Å²) in [5.74, 6) is -0.322. The van der Waals surface area contributed by atoms with Crippen LogP contribution < -0.4 is 16.0 Å². The van der Waals surface area contributed by atoms with E-state index in [0.29, 0.717) is 28.5 Å². The maximum atomic E-state index is 11.9. The normalized spacial score (nSPS) is 10.0. The van der Waals surface area contributed by atoms with Crippen LogP contribution in [0.1, 0.15) is 17.3 Å². The van der Waals surface area contributed by atoms with Gasteiger partial charge in [-0.3, -0.25) is 9.59 Å². The minimum Gasteiger partial charge on any atom is -0.376 e. The van der Waals surface area contributed by atoms with E-state index in [2.05, 4.69) is 16.0 Å². The van der Waals surface area contributed by atoms with Gasteiger partial charge in [-0.2, -0.15) is 0 Å². The van der Waals surface area contributed by atoms with Crippen LogP contribution in [0, 0.1) is 0 Å². The molecule has 0 bridgehead atoms. The standard InChI is InChI=1S/C17H18ClN3O2/c1-2-19-17(23)12-4-3-5-15(10-12)20-11-16(22)21-14-8-6-13(18)7-9-14/h3-10,20H,2,11H2,1H3,(H,19,23)(H,21,22). The van der Waals surface area contributed by atoms with E-state index in [1.807, 2.05) is 6.92 Å². The molecule has 0 spiro atoms. The Morgan fingerprint density at radius 1 is 1.04 bits per heavy atom. The number of anilines is 2. The predicted octanol–water partition coefficient (Wildman–Crippen LogP) is 3.14. The highest BCUT2D eigenvalue weighted by atomic mass is 35.5. The molecule has 0 aliphatic carbocycles. The molecule has 0 aliphatic heterocycles. The molecule has 0 fully saturated rings. The molecule has 0 radical (unpaired) electrons. The molecule has 2 aromatic rings. The van der Waals surface area contributed by atoms with Gasteiger partial charge in [0.2, 0.25) is 5.91 Å². The minimum absolute atomic E-state index is 0.0987. The van der Waals surface area contributed by atoms with Crippen molar-refractivity contribution >= 4 is 34.8 Å². The molecule has 3 N–H and O–H groups in total. The summed E-state index contributed by atoms with van der Waals surface area (Å²) in [6, 6.07) is 13.9. The SMILES string of the molecule is CCNC(=O)c1cccc(NCC(=O)Nc2ccc(Cl)cc2)c1. The van der Waals surface area contributed by atoms with Crippen molar-refractivity contribution < 1.29 is 9.59 Å². The quantitative estimate of drug-likeness (QED) is 0.761. The third-order valence-corrected chi connectivity index (χ3v) is 3.30. The fourth-order valence-corrected chi connectivity index (χ4v) is 2.08. The molecule has 6 heteroatoms. The molecule has 2 amide bonds. The number of carbonyl (C=O) groups is 2. The Morgan fingerprint density at radius 2 is 1.78 bits per heavy atom. The lowest BCUT2D eigenvalue weighted by molar-refractivity contribution is -0.114. The number of halogens is 1. The summed E-state index contributed by atoms with van der Waals surface area (Å²) in [5, 5.41) is 9.10. The van der Waals surface area contributed by atoms with Crippen LogP contribution in [-0.2, 0) is 4.79 Å². The highest BCUT2D eigenvalue weighted by Gasteiger charge is 2.06. The van der Waals surface area contributed by atoms with Crippen LogP contribution in [0.4, 0.5) is 11.4 Å². The zero-order chi connectivity index (χ0) is 16.7. The first-order valence-electron chi connectivity index (χ1n) is 7.26. The molecule has 0 saturated carbocycles. The van der Waals surface area contributed by atoms with E-state index in [0.717, 1.165) is 0 Å². The van der Waals surface area contributed by atoms with Gasteiger partial charge in [-0.05, 0) is 49.4 Å². The number of hydrogen-bond acceptors (Lipinski definition) is 3. The Kier molecular flexibility index (Phi) is 6.00. The summed E-state index contributed by atoms with van der Waals surface area (Å²) in [5.41, 5.74) is 1.94. The van der Waals surface area contributed by atoms with Gasteiger partial charge in [-0.1, -0.05) is 17.7 Å². The number of rotatable bonds is 6. The van der Waals surface area contributed by atoms with Crippen molar-refractivity contribution in [3.05, 3.63) is 59.1 Å². The van der Waals surface area contributed by atoms with E-state index < -0.39 is 0 Å². The second-order valence-electron chi connectivity index (χ2n) is 4.85. The molecule has 120 valence electrons. The number of hydrogen-bond donors (Lipinski definition) is 3. The number of amides is 2. The Morgan fingerprint density at radius 3 is 2.48 bits per heavy atom. The molecule has 5 nitrogen and oxygen atoms in total. The first kappa shape index (κ1) is 16.8. The second kappa shape index (κ2) is 8.19. The van der Waals surface area contributed by atoms with Crippen LogP contribution >= 0.6 is 11.6 Å². The van der Waals surface area contributed by atoms with Crippen LogP contribution in [0.25, 0.3) is 0 Å². The molecule has 2 rings (SSSR count). The average Bonchev–Trinajstić information content (AvgIpc) is 2.56. The van der Waals surface area contributed by atoms with Crippen molar-refractivity contribution in [1.29, 1.82) is 0 Å². The van der Waals surface area contributed by atoms with Crippen molar-refractivity contribution in [2.75, 3.05) is 23.7 Å². The molecule has 0 saturated heterocycles. The molecule has 0 heterocycles. The van der Waals surface area contributed by atoms with Crippen molar-refractivity contribution in [3.63, 3.8) is 0 Å². The fourth-order valence-electron chi connectivity index (χ4n) is 1.95.